The molecule has 6 heteroatoms. The van der Waals surface area contributed by atoms with Crippen molar-refractivity contribution >= 4 is 35.1 Å². The number of alkyl halides is 2. The number of rotatable bonds is 9. The van der Waals surface area contributed by atoms with Gasteiger partial charge >= 0.3 is 11.9 Å². The van der Waals surface area contributed by atoms with E-state index >= 15 is 0 Å². The Hall–Kier alpha value is -2.04. The minimum atomic E-state index is -0.492. The quantitative estimate of drug-likeness (QED) is 0.452. The van der Waals surface area contributed by atoms with Crippen LogP contribution < -0.4 is 0 Å². The van der Waals surface area contributed by atoms with Gasteiger partial charge in [0.2, 0.25) is 0 Å². The van der Waals surface area contributed by atoms with Gasteiger partial charge in [0.05, 0.1) is 23.6 Å². The summed E-state index contributed by atoms with van der Waals surface area (Å²) in [6.45, 7) is 0.106. The summed E-state index contributed by atoms with van der Waals surface area (Å²) >= 11 is 12.3. The van der Waals surface area contributed by atoms with Crippen LogP contribution in [0.15, 0.2) is 60.7 Å². The van der Waals surface area contributed by atoms with E-state index < -0.39 is 22.7 Å². The standard InChI is InChI=1S/C20H20Cl2O4/c21-17(15-7-3-1-4-8-15)13-25-19(23)11-12-20(24)26-14-18(22)16-9-5-2-6-10-16/h1-10,17-18H,11-14H2. The molecule has 0 fully saturated rings. The monoisotopic (exact) mass is 394 g/mol. The van der Waals surface area contributed by atoms with Crippen LogP contribution in [-0.4, -0.2) is 25.2 Å². The molecule has 0 radical (unpaired) electrons. The summed E-state index contributed by atoms with van der Waals surface area (Å²) in [6.07, 6.45) is -0.120. The number of benzene rings is 2. The summed E-state index contributed by atoms with van der Waals surface area (Å²) in [5.41, 5.74) is 1.74. The van der Waals surface area contributed by atoms with Crippen molar-refractivity contribution < 1.29 is 19.1 Å². The highest BCUT2D eigenvalue weighted by Gasteiger charge is 2.15. The molecule has 0 amide bonds. The first-order valence-corrected chi connectivity index (χ1v) is 9.13. The van der Waals surface area contributed by atoms with Gasteiger partial charge in [0.15, 0.2) is 0 Å². The van der Waals surface area contributed by atoms with Crippen LogP contribution in [-0.2, 0) is 19.1 Å². The molecule has 0 aliphatic rings. The fourth-order valence-corrected chi connectivity index (χ4v) is 2.61. The van der Waals surface area contributed by atoms with Gasteiger partial charge in [-0.15, -0.1) is 23.2 Å². The molecule has 0 spiro atoms. The van der Waals surface area contributed by atoms with E-state index in [1.165, 1.54) is 0 Å². The number of hydrogen-bond donors (Lipinski definition) is 0. The first-order chi connectivity index (χ1) is 12.6. The Morgan fingerprint density at radius 1 is 0.692 bits per heavy atom. The Labute approximate surface area is 163 Å². The van der Waals surface area contributed by atoms with Gasteiger partial charge in [-0.3, -0.25) is 9.59 Å². The zero-order valence-electron chi connectivity index (χ0n) is 14.1. The Balaban J connectivity index is 1.63. The third-order valence-electron chi connectivity index (χ3n) is 3.64. The average Bonchev–Trinajstić information content (AvgIpc) is 2.69. The predicted octanol–water partition coefficient (Wildman–Crippen LogP) is 4.81. The maximum atomic E-state index is 11.7. The van der Waals surface area contributed by atoms with E-state index in [4.69, 9.17) is 32.7 Å². The highest BCUT2D eigenvalue weighted by Crippen LogP contribution is 2.21. The molecule has 0 saturated heterocycles. The van der Waals surface area contributed by atoms with E-state index in [2.05, 4.69) is 0 Å². The number of carbonyl (C=O) groups excluding carboxylic acids is 2. The van der Waals surface area contributed by atoms with Gasteiger partial charge in [0.25, 0.3) is 0 Å². The number of esters is 2. The summed E-state index contributed by atoms with van der Waals surface area (Å²) < 4.78 is 10.2. The lowest BCUT2D eigenvalue weighted by Crippen LogP contribution is -2.14. The van der Waals surface area contributed by atoms with Crippen LogP contribution in [0.4, 0.5) is 0 Å². The van der Waals surface area contributed by atoms with E-state index in [1.807, 2.05) is 60.7 Å². The van der Waals surface area contributed by atoms with Gasteiger partial charge in [0.1, 0.15) is 13.2 Å². The molecule has 2 aromatic rings. The summed E-state index contributed by atoms with van der Waals surface area (Å²) in [5, 5.41) is -0.843. The van der Waals surface area contributed by atoms with Gasteiger partial charge < -0.3 is 9.47 Å². The lowest BCUT2D eigenvalue weighted by Gasteiger charge is -2.12. The molecule has 2 unspecified atom stereocenters. The lowest BCUT2D eigenvalue weighted by atomic mass is 10.1. The topological polar surface area (TPSA) is 52.6 Å². The fourth-order valence-electron chi connectivity index (χ4n) is 2.20. The first-order valence-electron chi connectivity index (χ1n) is 8.25. The zero-order chi connectivity index (χ0) is 18.8. The largest absolute Gasteiger partial charge is 0.464 e. The average molecular weight is 395 g/mol. The minimum absolute atomic E-state index is 0.0528. The minimum Gasteiger partial charge on any atom is -0.464 e. The van der Waals surface area contributed by atoms with Crippen LogP contribution in [0.2, 0.25) is 0 Å². The van der Waals surface area contributed by atoms with Crippen molar-refractivity contribution in [2.75, 3.05) is 13.2 Å². The molecule has 4 nitrogen and oxygen atoms in total. The molecule has 0 aliphatic carbocycles. The van der Waals surface area contributed by atoms with Gasteiger partial charge in [0, 0.05) is 0 Å². The summed E-state index contributed by atoms with van der Waals surface area (Å²) in [5.74, 6) is -0.983. The molecule has 0 aromatic heterocycles. The predicted molar refractivity (Wildman–Crippen MR) is 101 cm³/mol. The molecular weight excluding hydrogens is 375 g/mol. The first kappa shape index (κ1) is 20.3. The van der Waals surface area contributed by atoms with Crippen molar-refractivity contribution in [3.8, 4) is 0 Å². The number of hydrogen-bond acceptors (Lipinski definition) is 4. The second kappa shape index (κ2) is 10.8. The summed E-state index contributed by atoms with van der Waals surface area (Å²) in [4.78, 5) is 23.5. The van der Waals surface area contributed by atoms with Crippen molar-refractivity contribution in [1.82, 2.24) is 0 Å². The zero-order valence-corrected chi connectivity index (χ0v) is 15.7. The van der Waals surface area contributed by atoms with Gasteiger partial charge in [-0.25, -0.2) is 0 Å². The van der Waals surface area contributed by atoms with Crippen LogP contribution in [0.5, 0.6) is 0 Å². The van der Waals surface area contributed by atoms with E-state index in [-0.39, 0.29) is 26.1 Å². The summed E-state index contributed by atoms with van der Waals surface area (Å²) in [6, 6.07) is 18.7. The summed E-state index contributed by atoms with van der Waals surface area (Å²) in [7, 11) is 0. The number of ether oxygens (including phenoxy) is 2. The maximum Gasteiger partial charge on any atom is 0.306 e. The van der Waals surface area contributed by atoms with Crippen molar-refractivity contribution in [3.63, 3.8) is 0 Å². The normalized spacial score (nSPS) is 12.8. The SMILES string of the molecule is O=C(CCC(=O)OCC(Cl)c1ccccc1)OCC(Cl)c1ccccc1. The van der Waals surface area contributed by atoms with Crippen LogP contribution in [0.1, 0.15) is 34.7 Å². The Kier molecular flexibility index (Phi) is 8.45. The third-order valence-corrected chi connectivity index (χ3v) is 4.39. The Morgan fingerprint density at radius 3 is 1.38 bits per heavy atom. The lowest BCUT2D eigenvalue weighted by molar-refractivity contribution is -0.150. The molecule has 0 bridgehead atoms. The van der Waals surface area contributed by atoms with E-state index in [0.29, 0.717) is 0 Å². The smallest absolute Gasteiger partial charge is 0.306 e. The second-order valence-electron chi connectivity index (χ2n) is 5.62. The highest BCUT2D eigenvalue weighted by molar-refractivity contribution is 6.21. The van der Waals surface area contributed by atoms with E-state index in [0.717, 1.165) is 11.1 Å². The van der Waals surface area contributed by atoms with Crippen LogP contribution >= 0.6 is 23.2 Å². The Bertz CT molecular complexity index is 630. The molecule has 0 aliphatic heterocycles. The van der Waals surface area contributed by atoms with Gasteiger partial charge in [-0.05, 0) is 11.1 Å². The molecule has 0 saturated carbocycles. The van der Waals surface area contributed by atoms with Gasteiger partial charge in [-0.1, -0.05) is 60.7 Å². The highest BCUT2D eigenvalue weighted by atomic mass is 35.5. The van der Waals surface area contributed by atoms with Crippen molar-refractivity contribution in [3.05, 3.63) is 71.8 Å². The van der Waals surface area contributed by atoms with Crippen molar-refractivity contribution in [2.24, 2.45) is 0 Å². The molecule has 26 heavy (non-hydrogen) atoms. The van der Waals surface area contributed by atoms with Gasteiger partial charge in [-0.2, -0.15) is 0 Å². The number of carbonyl (C=O) groups is 2. The molecule has 2 rings (SSSR count). The van der Waals surface area contributed by atoms with Crippen molar-refractivity contribution in [1.29, 1.82) is 0 Å². The Morgan fingerprint density at radius 2 is 1.04 bits per heavy atom. The molecule has 2 aromatic carbocycles. The molecule has 0 N–H and O–H groups in total. The fraction of sp³-hybridized carbons (Fsp3) is 0.300. The molecule has 138 valence electrons. The third kappa shape index (κ3) is 7.06. The number of halogens is 2. The van der Waals surface area contributed by atoms with Crippen LogP contribution in [0.3, 0.4) is 0 Å². The van der Waals surface area contributed by atoms with Crippen LogP contribution in [0.25, 0.3) is 0 Å². The van der Waals surface area contributed by atoms with E-state index in [1.54, 1.807) is 0 Å². The molecule has 0 heterocycles. The molecule has 2 atom stereocenters. The maximum absolute atomic E-state index is 11.7. The molecular formula is C20H20Cl2O4. The van der Waals surface area contributed by atoms with Crippen LogP contribution in [0, 0.1) is 0 Å². The van der Waals surface area contributed by atoms with E-state index in [9.17, 15) is 9.59 Å². The second-order valence-corrected chi connectivity index (χ2v) is 6.68. The van der Waals surface area contributed by atoms with Crippen molar-refractivity contribution in [2.45, 2.75) is 23.6 Å².